The predicted octanol–water partition coefficient (Wildman–Crippen LogP) is 4.98. The number of hydrogen-bond acceptors (Lipinski definition) is 0. The standard InChI is InChI=1S/C29H19/c1-3-12-24(13-4-1)29(25-14-5-2-6-15-25)17-9-11-22-19-27-23(20-28(22)29)18-21-10-7-8-16-26(21)27/h1-9,11-20H. The van der Waals surface area contributed by atoms with E-state index in [1.54, 1.807) is 0 Å². The van der Waals surface area contributed by atoms with Gasteiger partial charge in [0.25, 0.3) is 0 Å². The monoisotopic (exact) mass is 367 g/mol. The summed E-state index contributed by atoms with van der Waals surface area (Å²) in [5.41, 5.74) is 7.38. The summed E-state index contributed by atoms with van der Waals surface area (Å²) < 4.78 is 0. The summed E-state index contributed by atoms with van der Waals surface area (Å²) in [6.07, 6.45) is 9.07. The molecule has 135 valence electrons. The summed E-state index contributed by atoms with van der Waals surface area (Å²) in [6, 6.07) is 36.1. The molecule has 29 heavy (non-hydrogen) atoms. The van der Waals surface area contributed by atoms with E-state index in [0.717, 1.165) is 0 Å². The lowest BCUT2D eigenvalue weighted by atomic mass is 9.67. The van der Waals surface area contributed by atoms with Crippen molar-refractivity contribution in [2.75, 3.05) is 0 Å². The highest BCUT2D eigenvalue weighted by Gasteiger charge is 2.36. The van der Waals surface area contributed by atoms with Gasteiger partial charge in [0.05, 0.1) is 5.41 Å². The molecular formula is C29H19. The number of rotatable bonds is 2. The molecule has 0 fully saturated rings. The normalized spacial score (nSPS) is 14.9. The summed E-state index contributed by atoms with van der Waals surface area (Å²) in [5.74, 6) is 0. The fourth-order valence-electron chi connectivity index (χ4n) is 4.88. The topological polar surface area (TPSA) is 0 Å². The molecule has 0 unspecified atom stereocenters. The van der Waals surface area contributed by atoms with Crippen LogP contribution in [0.15, 0.2) is 103 Å². The van der Waals surface area contributed by atoms with E-state index in [-0.39, 0.29) is 5.41 Å². The molecule has 0 bridgehead atoms. The zero-order valence-electron chi connectivity index (χ0n) is 16.0. The summed E-state index contributed by atoms with van der Waals surface area (Å²) in [5, 5.41) is 2.56. The molecule has 0 aromatic heterocycles. The Balaban J connectivity index is 1.70. The van der Waals surface area contributed by atoms with E-state index < -0.39 is 0 Å². The highest BCUT2D eigenvalue weighted by molar-refractivity contribution is 5.83. The zero-order chi connectivity index (χ0) is 19.3. The van der Waals surface area contributed by atoms with Crippen LogP contribution in [0.5, 0.6) is 0 Å². The Morgan fingerprint density at radius 2 is 1.38 bits per heavy atom. The minimum atomic E-state index is -0.298. The maximum Gasteiger partial charge on any atom is 0.0641 e. The molecule has 0 spiro atoms. The van der Waals surface area contributed by atoms with Gasteiger partial charge in [-0.1, -0.05) is 97.1 Å². The molecule has 0 nitrogen and oxygen atoms in total. The third-order valence-corrected chi connectivity index (χ3v) is 6.20. The van der Waals surface area contributed by atoms with Crippen molar-refractivity contribution in [3.05, 3.63) is 142 Å². The van der Waals surface area contributed by atoms with Gasteiger partial charge < -0.3 is 0 Å². The van der Waals surface area contributed by atoms with Crippen molar-refractivity contribution >= 4 is 12.2 Å². The van der Waals surface area contributed by atoms with E-state index in [4.69, 9.17) is 0 Å². The molecule has 0 heterocycles. The van der Waals surface area contributed by atoms with Crippen molar-refractivity contribution in [2.45, 2.75) is 5.41 Å². The zero-order valence-corrected chi connectivity index (χ0v) is 16.0. The minimum Gasteiger partial charge on any atom is -0.0652 e. The number of hydrogen-bond donors (Lipinski definition) is 0. The Morgan fingerprint density at radius 1 is 0.655 bits per heavy atom. The lowest BCUT2D eigenvalue weighted by Crippen LogP contribution is -2.36. The lowest BCUT2D eigenvalue weighted by molar-refractivity contribution is 0.767. The van der Waals surface area contributed by atoms with Gasteiger partial charge in [0.2, 0.25) is 0 Å². The van der Waals surface area contributed by atoms with Crippen LogP contribution >= 0.6 is 0 Å². The molecule has 4 aromatic carbocycles. The van der Waals surface area contributed by atoms with E-state index in [1.165, 1.54) is 43.8 Å². The van der Waals surface area contributed by atoms with Crippen LogP contribution in [-0.2, 0) is 5.41 Å². The van der Waals surface area contributed by atoms with E-state index in [0.29, 0.717) is 0 Å². The predicted molar refractivity (Wildman–Crippen MR) is 120 cm³/mol. The van der Waals surface area contributed by atoms with E-state index in [2.05, 4.69) is 115 Å². The fraction of sp³-hybridized carbons (Fsp3) is 0.0345. The summed E-state index contributed by atoms with van der Waals surface area (Å²) in [6.45, 7) is 0. The Labute approximate surface area is 170 Å². The first-order chi connectivity index (χ1) is 14.4. The average molecular weight is 367 g/mol. The second kappa shape index (κ2) is 6.18. The molecule has 2 aliphatic rings. The molecule has 0 amide bonds. The molecule has 0 aliphatic heterocycles. The third-order valence-electron chi connectivity index (χ3n) is 6.20. The van der Waals surface area contributed by atoms with Crippen molar-refractivity contribution in [1.29, 1.82) is 0 Å². The van der Waals surface area contributed by atoms with Crippen molar-refractivity contribution in [1.82, 2.24) is 0 Å². The van der Waals surface area contributed by atoms with Gasteiger partial charge >= 0.3 is 0 Å². The lowest BCUT2D eigenvalue weighted by Gasteiger charge is -2.35. The van der Waals surface area contributed by atoms with Gasteiger partial charge in [-0.15, -0.1) is 0 Å². The van der Waals surface area contributed by atoms with Crippen molar-refractivity contribution in [3.8, 4) is 11.1 Å². The van der Waals surface area contributed by atoms with Gasteiger partial charge in [0.15, 0.2) is 0 Å². The van der Waals surface area contributed by atoms with Crippen LogP contribution in [0.1, 0.15) is 22.3 Å². The van der Waals surface area contributed by atoms with E-state index >= 15 is 0 Å². The first-order valence-electron chi connectivity index (χ1n) is 10.0. The maximum absolute atomic E-state index is 3.39. The number of fused-ring (bicyclic) bond motifs is 4. The van der Waals surface area contributed by atoms with Crippen LogP contribution in [0.4, 0.5) is 0 Å². The van der Waals surface area contributed by atoms with Gasteiger partial charge in [0.1, 0.15) is 0 Å². The Bertz CT molecular complexity index is 1330. The van der Waals surface area contributed by atoms with Crippen LogP contribution in [0.25, 0.3) is 23.3 Å². The van der Waals surface area contributed by atoms with Crippen LogP contribution < -0.4 is 10.4 Å². The molecule has 6 rings (SSSR count). The molecule has 0 atom stereocenters. The second-order valence-electron chi connectivity index (χ2n) is 7.73. The molecule has 4 aromatic rings. The van der Waals surface area contributed by atoms with Crippen LogP contribution in [0.2, 0.25) is 0 Å². The van der Waals surface area contributed by atoms with Gasteiger partial charge in [-0.05, 0) is 68.1 Å². The van der Waals surface area contributed by atoms with Gasteiger partial charge in [-0.25, -0.2) is 0 Å². The SMILES string of the molecule is [c]1cccc2c1C=c1cc3c(cc1-2)=CC=CC3(c1ccccc1)c1ccccc1. The first kappa shape index (κ1) is 16.3. The molecular weight excluding hydrogens is 348 g/mol. The smallest absolute Gasteiger partial charge is 0.0641 e. The minimum absolute atomic E-state index is 0.298. The molecule has 0 N–H and O–H groups in total. The highest BCUT2D eigenvalue weighted by atomic mass is 14.4. The second-order valence-corrected chi connectivity index (χ2v) is 7.73. The average Bonchev–Trinajstić information content (AvgIpc) is 3.16. The number of benzene rings is 4. The molecule has 1 radical (unpaired) electrons. The van der Waals surface area contributed by atoms with Gasteiger partial charge in [-0.2, -0.15) is 0 Å². The van der Waals surface area contributed by atoms with Crippen LogP contribution in [-0.4, -0.2) is 0 Å². The molecule has 2 aliphatic carbocycles. The van der Waals surface area contributed by atoms with E-state index in [9.17, 15) is 0 Å². The summed E-state index contributed by atoms with van der Waals surface area (Å²) in [4.78, 5) is 0. The largest absolute Gasteiger partial charge is 0.0652 e. The fourth-order valence-corrected chi connectivity index (χ4v) is 4.88. The quantitative estimate of drug-likeness (QED) is 0.413. The Morgan fingerprint density at radius 3 is 2.10 bits per heavy atom. The van der Waals surface area contributed by atoms with Crippen molar-refractivity contribution in [3.63, 3.8) is 0 Å². The molecule has 0 saturated heterocycles. The van der Waals surface area contributed by atoms with Gasteiger partial charge in [0, 0.05) is 0 Å². The van der Waals surface area contributed by atoms with E-state index in [1.807, 2.05) is 6.07 Å². The first-order valence-corrected chi connectivity index (χ1v) is 10.0. The third kappa shape index (κ3) is 2.33. The molecule has 0 saturated carbocycles. The summed E-state index contributed by atoms with van der Waals surface area (Å²) in [7, 11) is 0. The maximum atomic E-state index is 3.39. The van der Waals surface area contributed by atoms with Gasteiger partial charge in [-0.3, -0.25) is 0 Å². The molecule has 0 heteroatoms. The summed E-state index contributed by atoms with van der Waals surface area (Å²) >= 11 is 0. The van der Waals surface area contributed by atoms with Crippen LogP contribution in [0.3, 0.4) is 0 Å². The Kier molecular flexibility index (Phi) is 3.48. The number of allylic oxidation sites excluding steroid dienone is 2. The van der Waals surface area contributed by atoms with Crippen LogP contribution in [0, 0.1) is 6.07 Å². The van der Waals surface area contributed by atoms with Crippen molar-refractivity contribution < 1.29 is 0 Å². The Hall–Kier alpha value is -3.64. The highest BCUT2D eigenvalue weighted by Crippen LogP contribution is 2.40. The van der Waals surface area contributed by atoms with Crippen molar-refractivity contribution in [2.24, 2.45) is 0 Å².